The van der Waals surface area contributed by atoms with Gasteiger partial charge in [-0.15, -0.1) is 11.6 Å². The number of hydrogen-bond acceptors (Lipinski definition) is 2. The van der Waals surface area contributed by atoms with Crippen LogP contribution in [0.4, 0.5) is 0 Å². The van der Waals surface area contributed by atoms with Crippen molar-refractivity contribution in [1.82, 2.24) is 0 Å². The standard InChI is InChI=1S/C16H15ClO2S/c17-16(20(19)14-9-5-2-6-10-14)15(18)12-11-13-7-3-1-4-8-13/h1-12,15-16,18H/b12-11+/t15-,16+,20?/m0/s1. The van der Waals surface area contributed by atoms with Gasteiger partial charge in [-0.05, 0) is 17.7 Å². The zero-order valence-electron chi connectivity index (χ0n) is 10.7. The fourth-order valence-corrected chi connectivity index (χ4v) is 3.09. The Bertz CT molecular complexity index is 584. The van der Waals surface area contributed by atoms with Crippen molar-refractivity contribution in [2.75, 3.05) is 0 Å². The number of halogens is 1. The van der Waals surface area contributed by atoms with E-state index in [1.54, 1.807) is 36.4 Å². The molecule has 2 rings (SSSR count). The third kappa shape index (κ3) is 4.04. The summed E-state index contributed by atoms with van der Waals surface area (Å²) < 4.78 is 11.3. The van der Waals surface area contributed by atoms with Crippen molar-refractivity contribution in [2.24, 2.45) is 0 Å². The van der Waals surface area contributed by atoms with E-state index < -0.39 is 21.6 Å². The van der Waals surface area contributed by atoms with Crippen molar-refractivity contribution in [1.29, 1.82) is 0 Å². The number of aliphatic hydroxyl groups is 1. The molecular weight excluding hydrogens is 292 g/mol. The second-order valence-electron chi connectivity index (χ2n) is 4.22. The molecule has 3 atom stereocenters. The van der Waals surface area contributed by atoms with Gasteiger partial charge in [0.1, 0.15) is 10.8 Å². The average Bonchev–Trinajstić information content (AvgIpc) is 2.53. The van der Waals surface area contributed by atoms with Crippen molar-refractivity contribution >= 4 is 28.5 Å². The van der Waals surface area contributed by atoms with Crippen LogP contribution < -0.4 is 0 Å². The van der Waals surface area contributed by atoms with Crippen molar-refractivity contribution < 1.29 is 9.32 Å². The topological polar surface area (TPSA) is 37.3 Å². The third-order valence-corrected chi connectivity index (χ3v) is 4.90. The second-order valence-corrected chi connectivity index (χ2v) is 6.53. The molecule has 0 saturated carbocycles. The molecule has 2 nitrogen and oxygen atoms in total. The van der Waals surface area contributed by atoms with E-state index in [0.29, 0.717) is 4.90 Å². The Hall–Kier alpha value is -1.42. The number of hydrogen-bond donors (Lipinski definition) is 1. The zero-order valence-corrected chi connectivity index (χ0v) is 12.3. The molecule has 0 aromatic heterocycles. The molecule has 4 heteroatoms. The van der Waals surface area contributed by atoms with E-state index in [1.165, 1.54) is 0 Å². The highest BCUT2D eigenvalue weighted by molar-refractivity contribution is 7.87. The molecule has 0 aliphatic heterocycles. The van der Waals surface area contributed by atoms with Gasteiger partial charge in [0.25, 0.3) is 0 Å². The van der Waals surface area contributed by atoms with Crippen LogP contribution in [0.1, 0.15) is 5.56 Å². The van der Waals surface area contributed by atoms with Crippen LogP contribution in [0.15, 0.2) is 71.6 Å². The van der Waals surface area contributed by atoms with Gasteiger partial charge in [-0.1, -0.05) is 60.7 Å². The van der Waals surface area contributed by atoms with Crippen LogP contribution in [0.3, 0.4) is 0 Å². The fraction of sp³-hybridized carbons (Fsp3) is 0.125. The molecule has 0 heterocycles. The highest BCUT2D eigenvalue weighted by Gasteiger charge is 2.22. The minimum Gasteiger partial charge on any atom is -0.386 e. The van der Waals surface area contributed by atoms with Gasteiger partial charge in [0.05, 0.1) is 10.8 Å². The normalized spacial score (nSPS) is 15.9. The minimum absolute atomic E-state index is 0.611. The zero-order chi connectivity index (χ0) is 14.4. The summed E-state index contributed by atoms with van der Waals surface area (Å²) in [6.45, 7) is 0. The summed E-state index contributed by atoms with van der Waals surface area (Å²) in [6, 6.07) is 18.5. The average molecular weight is 307 g/mol. The molecule has 2 aromatic carbocycles. The first-order valence-corrected chi connectivity index (χ1v) is 7.84. The maximum absolute atomic E-state index is 12.2. The van der Waals surface area contributed by atoms with Gasteiger partial charge in [-0.25, -0.2) is 0 Å². The van der Waals surface area contributed by atoms with Crippen LogP contribution >= 0.6 is 11.6 Å². The Morgan fingerprint density at radius 3 is 2.15 bits per heavy atom. The van der Waals surface area contributed by atoms with Crippen LogP contribution in [0.2, 0.25) is 0 Å². The Balaban J connectivity index is 2.04. The Morgan fingerprint density at radius 2 is 1.55 bits per heavy atom. The van der Waals surface area contributed by atoms with E-state index in [2.05, 4.69) is 0 Å². The molecule has 0 fully saturated rings. The summed E-state index contributed by atoms with van der Waals surface area (Å²) in [6.07, 6.45) is 2.36. The SMILES string of the molecule is O=S(c1ccccc1)[C@@H](Cl)[C@@H](O)/C=C/c1ccccc1. The molecule has 0 amide bonds. The molecule has 0 bridgehead atoms. The molecule has 1 unspecified atom stereocenters. The Labute approximate surface area is 126 Å². The summed E-state index contributed by atoms with van der Waals surface area (Å²) in [4.78, 5) is 0.611. The van der Waals surface area contributed by atoms with Crippen LogP contribution in [-0.2, 0) is 10.8 Å². The lowest BCUT2D eigenvalue weighted by Crippen LogP contribution is -2.23. The number of alkyl halides is 1. The van der Waals surface area contributed by atoms with Gasteiger partial charge in [0.15, 0.2) is 0 Å². The van der Waals surface area contributed by atoms with Crippen LogP contribution in [-0.4, -0.2) is 20.1 Å². The molecule has 1 N–H and O–H groups in total. The molecule has 104 valence electrons. The second kappa shape index (κ2) is 7.39. The van der Waals surface area contributed by atoms with Gasteiger partial charge < -0.3 is 5.11 Å². The molecule has 2 aromatic rings. The molecular formula is C16H15ClO2S. The lowest BCUT2D eigenvalue weighted by Gasteiger charge is -2.13. The summed E-state index contributed by atoms with van der Waals surface area (Å²) in [7, 11) is -1.45. The number of rotatable bonds is 5. The summed E-state index contributed by atoms with van der Waals surface area (Å²) in [5.74, 6) is 0. The van der Waals surface area contributed by atoms with E-state index in [4.69, 9.17) is 11.6 Å². The van der Waals surface area contributed by atoms with Crippen molar-refractivity contribution in [3.63, 3.8) is 0 Å². The van der Waals surface area contributed by atoms with E-state index in [9.17, 15) is 9.32 Å². The van der Waals surface area contributed by atoms with Crippen molar-refractivity contribution in [2.45, 2.75) is 15.7 Å². The largest absolute Gasteiger partial charge is 0.386 e. The van der Waals surface area contributed by atoms with Crippen LogP contribution in [0.5, 0.6) is 0 Å². The first-order valence-electron chi connectivity index (χ1n) is 6.19. The van der Waals surface area contributed by atoms with Crippen molar-refractivity contribution in [3.8, 4) is 0 Å². The van der Waals surface area contributed by atoms with Gasteiger partial charge in [0.2, 0.25) is 0 Å². The maximum Gasteiger partial charge on any atom is 0.143 e. The van der Waals surface area contributed by atoms with E-state index in [1.807, 2.05) is 36.4 Å². The Kier molecular flexibility index (Phi) is 5.53. The monoisotopic (exact) mass is 306 g/mol. The summed E-state index contributed by atoms with van der Waals surface area (Å²) in [5, 5.41) is 10.00. The maximum atomic E-state index is 12.2. The number of aliphatic hydroxyl groups excluding tert-OH is 1. The molecule has 0 spiro atoms. The predicted octanol–water partition coefficient (Wildman–Crippen LogP) is 3.43. The van der Waals surface area contributed by atoms with E-state index in [-0.39, 0.29) is 0 Å². The molecule has 0 aliphatic carbocycles. The molecule has 0 aliphatic rings. The highest BCUT2D eigenvalue weighted by Crippen LogP contribution is 2.18. The quantitative estimate of drug-likeness (QED) is 0.859. The predicted molar refractivity (Wildman–Crippen MR) is 84.0 cm³/mol. The van der Waals surface area contributed by atoms with E-state index >= 15 is 0 Å². The van der Waals surface area contributed by atoms with Gasteiger partial charge in [0, 0.05) is 4.90 Å². The van der Waals surface area contributed by atoms with Crippen LogP contribution in [0.25, 0.3) is 6.08 Å². The smallest absolute Gasteiger partial charge is 0.143 e. The highest BCUT2D eigenvalue weighted by atomic mass is 35.5. The Morgan fingerprint density at radius 1 is 1.00 bits per heavy atom. The molecule has 0 saturated heterocycles. The minimum atomic E-state index is -1.45. The van der Waals surface area contributed by atoms with Gasteiger partial charge >= 0.3 is 0 Å². The number of benzene rings is 2. The summed E-state index contributed by atoms with van der Waals surface area (Å²) >= 11 is 6.08. The van der Waals surface area contributed by atoms with E-state index in [0.717, 1.165) is 5.56 Å². The lowest BCUT2D eigenvalue weighted by atomic mass is 10.2. The van der Waals surface area contributed by atoms with Gasteiger partial charge in [-0.2, -0.15) is 0 Å². The molecule has 20 heavy (non-hydrogen) atoms. The lowest BCUT2D eigenvalue weighted by molar-refractivity contribution is 0.239. The fourth-order valence-electron chi connectivity index (χ4n) is 1.67. The first kappa shape index (κ1) is 15.0. The molecule has 0 radical (unpaired) electrons. The van der Waals surface area contributed by atoms with Gasteiger partial charge in [-0.3, -0.25) is 4.21 Å². The van der Waals surface area contributed by atoms with Crippen molar-refractivity contribution in [3.05, 3.63) is 72.3 Å². The summed E-state index contributed by atoms with van der Waals surface area (Å²) in [5.41, 5.74) is 0.959. The third-order valence-electron chi connectivity index (χ3n) is 2.73. The van der Waals surface area contributed by atoms with Crippen LogP contribution in [0, 0.1) is 0 Å². The first-order chi connectivity index (χ1) is 9.68.